The first kappa shape index (κ1) is 15.1. The van der Waals surface area contributed by atoms with E-state index in [4.69, 9.17) is 4.52 Å². The highest BCUT2D eigenvalue weighted by Crippen LogP contribution is 2.34. The van der Waals surface area contributed by atoms with Crippen LogP contribution < -0.4 is 5.32 Å². The summed E-state index contributed by atoms with van der Waals surface area (Å²) in [5.74, 6) is 1.59. The van der Waals surface area contributed by atoms with Gasteiger partial charge in [-0.15, -0.1) is 0 Å². The van der Waals surface area contributed by atoms with Gasteiger partial charge in [-0.05, 0) is 18.3 Å². The van der Waals surface area contributed by atoms with Gasteiger partial charge >= 0.3 is 0 Å². The lowest BCUT2D eigenvalue weighted by Crippen LogP contribution is -2.40. The predicted octanol–water partition coefficient (Wildman–Crippen LogP) is 2.86. The van der Waals surface area contributed by atoms with Gasteiger partial charge in [-0.25, -0.2) is 4.98 Å². The summed E-state index contributed by atoms with van der Waals surface area (Å²) in [5, 5.41) is 14.3. The van der Waals surface area contributed by atoms with E-state index in [0.717, 1.165) is 0 Å². The lowest BCUT2D eigenvalue weighted by atomic mass is 9.84. The Morgan fingerprint density at radius 3 is 2.68 bits per heavy atom. The van der Waals surface area contributed by atoms with Gasteiger partial charge in [-0.2, -0.15) is 10.1 Å². The Kier molecular flexibility index (Phi) is 4.24. The summed E-state index contributed by atoms with van der Waals surface area (Å²) >= 11 is 0. The number of nitrogens with one attached hydrogen (secondary N) is 2. The normalized spacial score (nSPS) is 18.5. The van der Waals surface area contributed by atoms with Crippen LogP contribution in [0.1, 0.15) is 64.8 Å². The van der Waals surface area contributed by atoms with Crippen LogP contribution in [0.4, 0.5) is 0 Å². The third-order valence-corrected chi connectivity index (χ3v) is 4.19. The van der Waals surface area contributed by atoms with Crippen molar-refractivity contribution in [3.05, 3.63) is 12.2 Å². The largest absolute Gasteiger partial charge is 0.337 e. The standard InChI is InChI=1S/C15H24N6O/c1-15(2,3)11(18-10-7-5-4-6-8-10)14-19-13(21-22-14)12-16-9-17-20-12/h9-11,18H,4-8H2,1-3H3,(H,16,17,20)/t11-/m0/s1. The first-order valence-corrected chi connectivity index (χ1v) is 7.99. The number of aromatic nitrogens is 5. The summed E-state index contributed by atoms with van der Waals surface area (Å²) < 4.78 is 5.51. The molecule has 0 unspecified atom stereocenters. The van der Waals surface area contributed by atoms with E-state index in [1.54, 1.807) is 0 Å². The number of nitrogens with zero attached hydrogens (tertiary/aromatic N) is 4. The molecule has 2 N–H and O–H groups in total. The Bertz CT molecular complexity index is 579. The van der Waals surface area contributed by atoms with Crippen LogP contribution in [0.2, 0.25) is 0 Å². The van der Waals surface area contributed by atoms with Gasteiger partial charge in [0.1, 0.15) is 6.33 Å². The van der Waals surface area contributed by atoms with Crippen molar-refractivity contribution in [2.24, 2.45) is 5.41 Å². The van der Waals surface area contributed by atoms with Gasteiger partial charge in [-0.3, -0.25) is 5.10 Å². The molecule has 0 amide bonds. The molecular formula is C15H24N6O. The molecule has 1 aliphatic carbocycles. The van der Waals surface area contributed by atoms with E-state index in [2.05, 4.69) is 51.4 Å². The summed E-state index contributed by atoms with van der Waals surface area (Å²) in [5.41, 5.74) is -0.0112. The van der Waals surface area contributed by atoms with Crippen molar-refractivity contribution >= 4 is 0 Å². The van der Waals surface area contributed by atoms with Crippen LogP contribution >= 0.6 is 0 Å². The number of hydrogen-bond acceptors (Lipinski definition) is 6. The zero-order chi connectivity index (χ0) is 15.6. The van der Waals surface area contributed by atoms with Gasteiger partial charge in [0.15, 0.2) is 5.82 Å². The van der Waals surface area contributed by atoms with Crippen molar-refractivity contribution < 1.29 is 4.52 Å². The van der Waals surface area contributed by atoms with Crippen molar-refractivity contribution in [3.63, 3.8) is 0 Å². The molecule has 1 fully saturated rings. The first-order valence-electron chi connectivity index (χ1n) is 7.99. The van der Waals surface area contributed by atoms with Gasteiger partial charge in [0.2, 0.25) is 11.7 Å². The zero-order valence-electron chi connectivity index (χ0n) is 13.5. The SMILES string of the molecule is CC(C)(C)[C@@H](NC1CCCCC1)c1nc(-c2ncn[nH]2)no1. The molecule has 2 aromatic heterocycles. The third kappa shape index (κ3) is 3.35. The maximum Gasteiger partial charge on any atom is 0.244 e. The van der Waals surface area contributed by atoms with Crippen LogP contribution in [0.3, 0.4) is 0 Å². The average Bonchev–Trinajstić information content (AvgIpc) is 3.15. The molecule has 1 saturated carbocycles. The average molecular weight is 304 g/mol. The quantitative estimate of drug-likeness (QED) is 0.902. The number of rotatable bonds is 4. The van der Waals surface area contributed by atoms with Gasteiger partial charge < -0.3 is 9.84 Å². The molecule has 0 aliphatic heterocycles. The molecule has 7 nitrogen and oxygen atoms in total. The monoisotopic (exact) mass is 304 g/mol. The van der Waals surface area contributed by atoms with Gasteiger partial charge in [-0.1, -0.05) is 45.2 Å². The van der Waals surface area contributed by atoms with Crippen molar-refractivity contribution in [2.45, 2.75) is 65.0 Å². The molecule has 0 bridgehead atoms. The van der Waals surface area contributed by atoms with E-state index in [-0.39, 0.29) is 11.5 Å². The molecule has 0 aromatic carbocycles. The highest BCUT2D eigenvalue weighted by atomic mass is 16.5. The highest BCUT2D eigenvalue weighted by molar-refractivity contribution is 5.39. The first-order chi connectivity index (χ1) is 10.5. The molecule has 0 spiro atoms. The van der Waals surface area contributed by atoms with Crippen LogP contribution in [-0.2, 0) is 0 Å². The number of H-pyrrole nitrogens is 1. The van der Waals surface area contributed by atoms with Crippen LogP contribution in [0.5, 0.6) is 0 Å². The van der Waals surface area contributed by atoms with Crippen LogP contribution in [0.25, 0.3) is 11.6 Å². The molecule has 7 heteroatoms. The molecule has 1 atom stereocenters. The molecule has 2 aromatic rings. The third-order valence-electron chi connectivity index (χ3n) is 4.19. The fourth-order valence-corrected chi connectivity index (χ4v) is 2.96. The Hall–Kier alpha value is -1.76. The van der Waals surface area contributed by atoms with Crippen molar-refractivity contribution in [3.8, 4) is 11.6 Å². The molecule has 0 saturated heterocycles. The van der Waals surface area contributed by atoms with E-state index in [1.165, 1.54) is 38.4 Å². The Morgan fingerprint density at radius 1 is 1.27 bits per heavy atom. The van der Waals surface area contributed by atoms with Crippen LogP contribution in [0.15, 0.2) is 10.9 Å². The topological polar surface area (TPSA) is 92.5 Å². The maximum absolute atomic E-state index is 5.51. The second kappa shape index (κ2) is 6.16. The Balaban J connectivity index is 1.80. The number of hydrogen-bond donors (Lipinski definition) is 2. The summed E-state index contributed by atoms with van der Waals surface area (Å²) in [6.45, 7) is 6.56. The summed E-state index contributed by atoms with van der Waals surface area (Å²) in [4.78, 5) is 8.58. The van der Waals surface area contributed by atoms with Crippen molar-refractivity contribution in [2.75, 3.05) is 0 Å². The van der Waals surface area contributed by atoms with Gasteiger partial charge in [0.25, 0.3) is 0 Å². The molecular weight excluding hydrogens is 280 g/mol. The molecule has 2 heterocycles. The van der Waals surface area contributed by atoms with E-state index in [9.17, 15) is 0 Å². The minimum atomic E-state index is -0.0112. The van der Waals surface area contributed by atoms with E-state index >= 15 is 0 Å². The van der Waals surface area contributed by atoms with Crippen LogP contribution in [0, 0.1) is 5.41 Å². The molecule has 3 rings (SSSR count). The maximum atomic E-state index is 5.51. The van der Waals surface area contributed by atoms with E-state index in [1.807, 2.05) is 0 Å². The zero-order valence-corrected chi connectivity index (χ0v) is 13.5. The molecule has 120 valence electrons. The second-order valence-electron chi connectivity index (χ2n) is 7.09. The van der Waals surface area contributed by atoms with Crippen LogP contribution in [-0.4, -0.2) is 31.4 Å². The van der Waals surface area contributed by atoms with E-state index < -0.39 is 0 Å². The fraction of sp³-hybridized carbons (Fsp3) is 0.733. The van der Waals surface area contributed by atoms with Crippen molar-refractivity contribution in [1.29, 1.82) is 0 Å². The van der Waals surface area contributed by atoms with Gasteiger partial charge in [0, 0.05) is 6.04 Å². The second-order valence-corrected chi connectivity index (χ2v) is 7.09. The Labute approximate surface area is 130 Å². The molecule has 1 aliphatic rings. The minimum absolute atomic E-state index is 0.0112. The minimum Gasteiger partial charge on any atom is -0.337 e. The predicted molar refractivity (Wildman–Crippen MR) is 81.9 cm³/mol. The van der Waals surface area contributed by atoms with Crippen molar-refractivity contribution in [1.82, 2.24) is 30.6 Å². The summed E-state index contributed by atoms with van der Waals surface area (Å²) in [7, 11) is 0. The lowest BCUT2D eigenvalue weighted by molar-refractivity contribution is 0.183. The lowest BCUT2D eigenvalue weighted by Gasteiger charge is -2.34. The number of aromatic amines is 1. The highest BCUT2D eigenvalue weighted by Gasteiger charge is 2.33. The fourth-order valence-electron chi connectivity index (χ4n) is 2.96. The summed E-state index contributed by atoms with van der Waals surface area (Å²) in [6, 6.07) is 0.554. The van der Waals surface area contributed by atoms with Gasteiger partial charge in [0.05, 0.1) is 6.04 Å². The van der Waals surface area contributed by atoms with E-state index in [0.29, 0.717) is 23.6 Å². The molecule has 22 heavy (non-hydrogen) atoms. The smallest absolute Gasteiger partial charge is 0.244 e. The summed E-state index contributed by atoms with van der Waals surface area (Å²) in [6.07, 6.45) is 7.80. The Morgan fingerprint density at radius 2 is 2.05 bits per heavy atom. The molecule has 0 radical (unpaired) electrons.